The largest absolute Gasteiger partial charge is 0.351 e. The van der Waals surface area contributed by atoms with Gasteiger partial charge in [-0.3, -0.25) is 4.79 Å². The number of nitrogens with zero attached hydrogens (tertiary/aromatic N) is 4. The van der Waals surface area contributed by atoms with Crippen LogP contribution in [0.25, 0.3) is 5.82 Å². The molecule has 0 spiro atoms. The van der Waals surface area contributed by atoms with E-state index in [4.69, 9.17) is 0 Å². The van der Waals surface area contributed by atoms with Crippen molar-refractivity contribution in [3.63, 3.8) is 0 Å². The summed E-state index contributed by atoms with van der Waals surface area (Å²) in [5.41, 5.74) is 1.50. The highest BCUT2D eigenvalue weighted by atomic mass is 16.1. The molecule has 0 fully saturated rings. The second-order valence-electron chi connectivity index (χ2n) is 5.95. The number of aromatic nitrogens is 3. The highest BCUT2D eigenvalue weighted by Crippen LogP contribution is 2.14. The van der Waals surface area contributed by atoms with Gasteiger partial charge in [-0.05, 0) is 38.9 Å². The minimum atomic E-state index is -0.0772. The van der Waals surface area contributed by atoms with Gasteiger partial charge in [-0.2, -0.15) is 5.10 Å². The summed E-state index contributed by atoms with van der Waals surface area (Å²) in [6.45, 7) is 7.82. The normalized spacial score (nSPS) is 12.4. The van der Waals surface area contributed by atoms with Crippen molar-refractivity contribution in [3.8, 4) is 5.82 Å². The third kappa shape index (κ3) is 4.20. The van der Waals surface area contributed by atoms with E-state index in [1.807, 2.05) is 25.1 Å². The van der Waals surface area contributed by atoms with Crippen LogP contribution in [0.5, 0.6) is 0 Å². The van der Waals surface area contributed by atoms with E-state index in [1.54, 1.807) is 17.1 Å². The molecular weight excluding hydrogens is 302 g/mol. The molecule has 1 atom stereocenters. The van der Waals surface area contributed by atoms with Crippen LogP contribution in [0, 0.1) is 0 Å². The van der Waals surface area contributed by atoms with Crippen molar-refractivity contribution in [2.24, 2.45) is 0 Å². The Hall–Kier alpha value is -2.21. The molecule has 0 aliphatic carbocycles. The zero-order valence-corrected chi connectivity index (χ0v) is 15.0. The van der Waals surface area contributed by atoms with Crippen molar-refractivity contribution in [1.82, 2.24) is 25.0 Å². The van der Waals surface area contributed by atoms with E-state index < -0.39 is 0 Å². The van der Waals surface area contributed by atoms with Gasteiger partial charge in [0.15, 0.2) is 5.82 Å². The number of carbonyl (C=O) groups is 1. The zero-order chi connectivity index (χ0) is 17.5. The Morgan fingerprint density at radius 2 is 2.17 bits per heavy atom. The molecule has 0 aliphatic rings. The van der Waals surface area contributed by atoms with Crippen LogP contribution in [0.2, 0.25) is 0 Å². The van der Waals surface area contributed by atoms with E-state index in [1.165, 1.54) is 0 Å². The van der Waals surface area contributed by atoms with Gasteiger partial charge in [0.1, 0.15) is 0 Å². The van der Waals surface area contributed by atoms with Crippen molar-refractivity contribution in [2.75, 3.05) is 20.1 Å². The van der Waals surface area contributed by atoms with E-state index >= 15 is 0 Å². The predicted octanol–water partition coefficient (Wildman–Crippen LogP) is 2.29. The summed E-state index contributed by atoms with van der Waals surface area (Å²) in [6, 6.07) is 6.17. The van der Waals surface area contributed by atoms with E-state index in [9.17, 15) is 4.79 Å². The van der Waals surface area contributed by atoms with Crippen LogP contribution < -0.4 is 5.32 Å². The molecule has 0 saturated carbocycles. The number of carbonyl (C=O) groups excluding carboxylic acids is 1. The number of nitrogens with one attached hydrogen (secondary N) is 1. The van der Waals surface area contributed by atoms with Crippen LogP contribution in [0.1, 0.15) is 43.2 Å². The third-order valence-corrected chi connectivity index (χ3v) is 4.41. The fraction of sp³-hybridized carbons (Fsp3) is 0.500. The Kier molecular flexibility index (Phi) is 6.49. The number of hydrogen-bond donors (Lipinski definition) is 1. The maximum atomic E-state index is 12.5. The number of amides is 1. The molecule has 24 heavy (non-hydrogen) atoms. The molecule has 6 heteroatoms. The highest BCUT2D eigenvalue weighted by molar-refractivity contribution is 5.95. The van der Waals surface area contributed by atoms with Gasteiger partial charge in [0.2, 0.25) is 0 Å². The second kappa shape index (κ2) is 8.59. The molecule has 2 rings (SSSR count). The first-order valence-corrected chi connectivity index (χ1v) is 8.55. The summed E-state index contributed by atoms with van der Waals surface area (Å²) in [7, 11) is 2.08. The lowest BCUT2D eigenvalue weighted by Crippen LogP contribution is -2.37. The van der Waals surface area contributed by atoms with Crippen molar-refractivity contribution < 1.29 is 4.79 Å². The molecule has 0 saturated heterocycles. The van der Waals surface area contributed by atoms with Gasteiger partial charge in [-0.15, -0.1) is 0 Å². The monoisotopic (exact) mass is 329 g/mol. The zero-order valence-electron chi connectivity index (χ0n) is 15.0. The Morgan fingerprint density at radius 1 is 1.38 bits per heavy atom. The number of rotatable bonds is 8. The van der Waals surface area contributed by atoms with Crippen LogP contribution in [0.3, 0.4) is 0 Å². The summed E-state index contributed by atoms with van der Waals surface area (Å²) < 4.78 is 1.74. The second-order valence-corrected chi connectivity index (χ2v) is 5.95. The molecule has 0 aromatic carbocycles. The van der Waals surface area contributed by atoms with Crippen LogP contribution in [0.4, 0.5) is 0 Å². The van der Waals surface area contributed by atoms with Gasteiger partial charge < -0.3 is 10.2 Å². The average Bonchev–Trinajstić information content (AvgIpc) is 3.05. The summed E-state index contributed by atoms with van der Waals surface area (Å²) in [5, 5.41) is 7.34. The number of pyridine rings is 1. The topological polar surface area (TPSA) is 63.1 Å². The molecule has 1 N–H and O–H groups in total. The minimum Gasteiger partial charge on any atom is -0.351 e. The molecule has 1 amide bonds. The smallest absolute Gasteiger partial charge is 0.254 e. The quantitative estimate of drug-likeness (QED) is 0.807. The molecule has 0 radical (unpaired) electrons. The van der Waals surface area contributed by atoms with E-state index in [2.05, 4.69) is 41.2 Å². The molecular formula is C18H27N5O. The summed E-state index contributed by atoms with van der Waals surface area (Å²) >= 11 is 0. The van der Waals surface area contributed by atoms with Gasteiger partial charge in [-0.1, -0.05) is 19.9 Å². The van der Waals surface area contributed by atoms with Gasteiger partial charge in [0, 0.05) is 25.3 Å². The van der Waals surface area contributed by atoms with Crippen LogP contribution >= 0.6 is 0 Å². The fourth-order valence-electron chi connectivity index (χ4n) is 2.55. The van der Waals surface area contributed by atoms with E-state index in [0.29, 0.717) is 24.6 Å². The minimum absolute atomic E-state index is 0.0772. The molecule has 6 nitrogen and oxygen atoms in total. The van der Waals surface area contributed by atoms with Crippen molar-refractivity contribution >= 4 is 5.91 Å². The Bertz CT molecular complexity index is 653. The molecule has 130 valence electrons. The standard InChI is InChI=1S/C18H27N5O/c1-5-14(3)22(4)12-11-20-18(24)15-13-21-23(16(15)6-2)17-9-7-8-10-19-17/h7-10,13-14H,5-6,11-12H2,1-4H3,(H,20,24). The fourth-order valence-corrected chi connectivity index (χ4v) is 2.55. The first kappa shape index (κ1) is 18.1. The van der Waals surface area contributed by atoms with Crippen molar-refractivity contribution in [3.05, 3.63) is 41.9 Å². The SMILES string of the molecule is CCc1c(C(=O)NCCN(C)C(C)CC)cnn1-c1ccccn1. The van der Waals surface area contributed by atoms with Gasteiger partial charge in [0.25, 0.3) is 5.91 Å². The van der Waals surface area contributed by atoms with Gasteiger partial charge in [-0.25, -0.2) is 9.67 Å². The van der Waals surface area contributed by atoms with Crippen LogP contribution in [0.15, 0.2) is 30.6 Å². The van der Waals surface area contributed by atoms with Gasteiger partial charge in [0.05, 0.1) is 17.5 Å². The van der Waals surface area contributed by atoms with Crippen molar-refractivity contribution in [1.29, 1.82) is 0 Å². The molecule has 2 aromatic rings. The first-order chi connectivity index (χ1) is 11.6. The van der Waals surface area contributed by atoms with Crippen LogP contribution in [-0.2, 0) is 6.42 Å². The predicted molar refractivity (Wildman–Crippen MR) is 95.5 cm³/mol. The van der Waals surface area contributed by atoms with Crippen LogP contribution in [-0.4, -0.2) is 51.8 Å². The lowest BCUT2D eigenvalue weighted by Gasteiger charge is -2.23. The van der Waals surface area contributed by atoms with Crippen molar-refractivity contribution in [2.45, 2.75) is 39.7 Å². The molecule has 1 unspecified atom stereocenters. The lowest BCUT2D eigenvalue weighted by atomic mass is 10.2. The molecule has 2 heterocycles. The maximum Gasteiger partial charge on any atom is 0.254 e. The summed E-state index contributed by atoms with van der Waals surface area (Å²) in [4.78, 5) is 19.0. The number of hydrogen-bond acceptors (Lipinski definition) is 4. The third-order valence-electron chi connectivity index (χ3n) is 4.41. The Labute approximate surface area is 143 Å². The van der Waals surface area contributed by atoms with E-state index in [0.717, 1.165) is 24.5 Å². The average molecular weight is 329 g/mol. The Balaban J connectivity index is 2.04. The summed E-state index contributed by atoms with van der Waals surface area (Å²) in [6.07, 6.45) is 5.16. The molecule has 0 bridgehead atoms. The highest BCUT2D eigenvalue weighted by Gasteiger charge is 2.17. The Morgan fingerprint density at radius 3 is 2.79 bits per heavy atom. The lowest BCUT2D eigenvalue weighted by molar-refractivity contribution is 0.0946. The molecule has 2 aromatic heterocycles. The maximum absolute atomic E-state index is 12.5. The van der Waals surface area contributed by atoms with Gasteiger partial charge >= 0.3 is 0 Å². The number of likely N-dealkylation sites (N-methyl/N-ethyl adjacent to an activating group) is 1. The summed E-state index contributed by atoms with van der Waals surface area (Å²) in [5.74, 6) is 0.650. The van der Waals surface area contributed by atoms with E-state index in [-0.39, 0.29) is 5.91 Å². The molecule has 0 aliphatic heterocycles. The first-order valence-electron chi connectivity index (χ1n) is 8.55.